The first-order valence-corrected chi connectivity index (χ1v) is 21.5. The van der Waals surface area contributed by atoms with Crippen LogP contribution in [0.1, 0.15) is 89.4 Å². The summed E-state index contributed by atoms with van der Waals surface area (Å²) >= 11 is 1.66. The molecule has 3 nitrogen and oxygen atoms in total. The zero-order valence-corrected chi connectivity index (χ0v) is 38.7. The number of hydrogen-bond donors (Lipinski definition) is 0. The van der Waals surface area contributed by atoms with E-state index >= 15 is 0 Å². The summed E-state index contributed by atoms with van der Waals surface area (Å²) in [5.41, 5.74) is 7.68. The third-order valence-electron chi connectivity index (χ3n) is 11.0. The quantitative estimate of drug-likeness (QED) is 0.123. The van der Waals surface area contributed by atoms with E-state index in [4.69, 9.17) is 11.8 Å². The van der Waals surface area contributed by atoms with E-state index in [1.807, 2.05) is 24.3 Å². The normalized spacial score (nSPS) is 13.5. The van der Waals surface area contributed by atoms with Crippen molar-refractivity contribution >= 4 is 64.1 Å². The first-order chi connectivity index (χ1) is 30.9. The second-order valence-electron chi connectivity index (χ2n) is 17.2. The molecular weight excluding hydrogens is 939 g/mol. The summed E-state index contributed by atoms with van der Waals surface area (Å²) < 4.78 is 46.3. The zero-order chi connectivity index (χ0) is 46.0. The molecule has 10 aromatic rings. The molecule has 0 aliphatic heterocycles. The van der Waals surface area contributed by atoms with Crippen molar-refractivity contribution in [1.29, 1.82) is 0 Å². The number of rotatable bonds is 6. The van der Waals surface area contributed by atoms with Gasteiger partial charge in [-0.3, -0.25) is 4.98 Å². The molecule has 0 spiro atoms. The van der Waals surface area contributed by atoms with Crippen molar-refractivity contribution in [2.75, 3.05) is 0 Å². The summed E-state index contributed by atoms with van der Waals surface area (Å²) in [7, 11) is 0. The van der Waals surface area contributed by atoms with Crippen molar-refractivity contribution in [3.05, 3.63) is 174 Å². The molecule has 0 N–H and O–H groups in total. The molecule has 307 valence electrons. The van der Waals surface area contributed by atoms with Crippen molar-refractivity contribution in [3.63, 3.8) is 0 Å². The fourth-order valence-electron chi connectivity index (χ4n) is 8.27. The van der Waals surface area contributed by atoms with Crippen LogP contribution in [0.2, 0.25) is 0 Å². The summed E-state index contributed by atoms with van der Waals surface area (Å²) in [5, 5.41) is 7.01. The van der Waals surface area contributed by atoms with Crippen LogP contribution in [-0.4, -0.2) is 14.5 Å². The number of thiophene rings is 1. The van der Waals surface area contributed by atoms with Crippen molar-refractivity contribution in [3.8, 4) is 28.3 Å². The third kappa shape index (κ3) is 8.20. The monoisotopic (exact) mass is 995 g/mol. The summed E-state index contributed by atoms with van der Waals surface area (Å²) in [6.45, 7) is 11.9. The van der Waals surface area contributed by atoms with Crippen LogP contribution in [0, 0.1) is 24.4 Å². The SMILES string of the molecule is CC(C)c1cccc(C(C)C)c1-n1c(-c2[c-]cccc2)nc2ccccc21.[2H]C([2H])([2H])c1cnc(-c2[c-]ccc3c2sc2cc4ccc5ccccc5c4cc23)cc1C([2H])([2H])C(C)(C)C.[Ir]. The smallest absolute Gasteiger partial charge is 0.0774 e. The number of para-hydroxylation sites is 3. The number of hydrogen-bond acceptors (Lipinski definition) is 3. The number of nitrogens with zero attached hydrogens (tertiary/aromatic N) is 3. The molecule has 0 aliphatic carbocycles. The van der Waals surface area contributed by atoms with E-state index in [0.29, 0.717) is 17.5 Å². The second-order valence-corrected chi connectivity index (χ2v) is 18.2. The number of pyridine rings is 1. The van der Waals surface area contributed by atoms with Gasteiger partial charge in [0.15, 0.2) is 0 Å². The molecule has 3 heterocycles. The van der Waals surface area contributed by atoms with E-state index in [9.17, 15) is 0 Å². The first kappa shape index (κ1) is 36.2. The van der Waals surface area contributed by atoms with Crippen LogP contribution in [0.4, 0.5) is 0 Å². The minimum Gasteiger partial charge on any atom is -0.333 e. The van der Waals surface area contributed by atoms with Crippen LogP contribution in [0.25, 0.3) is 81.1 Å². The fraction of sp³-hybridized carbons (Fsp3) is 0.214. The summed E-state index contributed by atoms with van der Waals surface area (Å²) in [5.74, 6) is 1.80. The van der Waals surface area contributed by atoms with Crippen LogP contribution in [0.15, 0.2) is 140 Å². The van der Waals surface area contributed by atoms with Crippen LogP contribution in [0.5, 0.6) is 0 Å². The molecule has 61 heavy (non-hydrogen) atoms. The fourth-order valence-corrected chi connectivity index (χ4v) is 9.50. The van der Waals surface area contributed by atoms with Crippen LogP contribution in [0.3, 0.4) is 0 Å². The number of aryl methyl sites for hydroxylation is 1. The molecule has 7 aromatic carbocycles. The number of benzene rings is 7. The molecule has 10 rings (SSSR count). The molecule has 0 fully saturated rings. The number of fused-ring (bicyclic) bond motifs is 7. The van der Waals surface area contributed by atoms with Crippen molar-refractivity contribution in [1.82, 2.24) is 14.5 Å². The van der Waals surface area contributed by atoms with Gasteiger partial charge in [-0.1, -0.05) is 132 Å². The Balaban J connectivity index is 0.000000187. The number of imidazole rings is 1. The van der Waals surface area contributed by atoms with Gasteiger partial charge in [-0.25, -0.2) is 0 Å². The summed E-state index contributed by atoms with van der Waals surface area (Å²) in [6, 6.07) is 52.6. The third-order valence-corrected chi connectivity index (χ3v) is 12.2. The standard InChI is InChI=1S/C31H26NS.C25H25N2.Ir/c1-19-18-32-28(14-22(19)17-31(2,3)4)25-11-7-10-24-27-16-26-21(15-29(27)33-30(24)25)13-12-20-8-5-6-9-23(20)26;1-17(2)20-13-10-14-21(18(3)4)24(20)27-23-16-9-8-15-22(23)26-25(27)19-11-6-5-7-12-19;/h5-10,12-16,18H,17H2,1-4H3;5-11,13-18H,1-4H3;/q2*-1;/i1D3,17D2;;. The Morgan fingerprint density at radius 3 is 2.20 bits per heavy atom. The maximum atomic E-state index is 8.88. The predicted octanol–water partition coefficient (Wildman–Crippen LogP) is 15.9. The van der Waals surface area contributed by atoms with Crippen molar-refractivity contribution in [2.45, 2.75) is 73.5 Å². The van der Waals surface area contributed by atoms with Crippen molar-refractivity contribution < 1.29 is 27.0 Å². The molecule has 0 unspecified atom stereocenters. The molecule has 0 atom stereocenters. The van der Waals surface area contributed by atoms with Gasteiger partial charge in [0.05, 0.1) is 16.9 Å². The predicted molar refractivity (Wildman–Crippen MR) is 258 cm³/mol. The van der Waals surface area contributed by atoms with Gasteiger partial charge in [0.2, 0.25) is 0 Å². The Morgan fingerprint density at radius 2 is 1.46 bits per heavy atom. The van der Waals surface area contributed by atoms with Gasteiger partial charge in [0, 0.05) is 43.5 Å². The van der Waals surface area contributed by atoms with Crippen LogP contribution in [-0.2, 0) is 26.5 Å². The largest absolute Gasteiger partial charge is 0.333 e. The minimum atomic E-state index is -2.48. The Kier molecular flexibility index (Phi) is 10.2. The van der Waals surface area contributed by atoms with Gasteiger partial charge in [0.25, 0.3) is 0 Å². The van der Waals surface area contributed by atoms with E-state index in [0.717, 1.165) is 48.2 Å². The van der Waals surface area contributed by atoms with E-state index in [1.165, 1.54) is 44.6 Å². The maximum Gasteiger partial charge on any atom is 0.0774 e. The number of aromatic nitrogens is 3. The van der Waals surface area contributed by atoms with E-state index in [2.05, 4.69) is 153 Å². The molecule has 1 radical (unpaired) electrons. The van der Waals surface area contributed by atoms with Crippen LogP contribution >= 0.6 is 11.3 Å². The Labute approximate surface area is 384 Å². The molecule has 0 saturated heterocycles. The van der Waals surface area contributed by atoms with E-state index < -0.39 is 18.6 Å². The van der Waals surface area contributed by atoms with E-state index in [1.54, 1.807) is 38.2 Å². The molecule has 0 bridgehead atoms. The van der Waals surface area contributed by atoms with Gasteiger partial charge < -0.3 is 9.55 Å². The minimum absolute atomic E-state index is 0. The molecule has 0 amide bonds. The molecule has 5 heteroatoms. The van der Waals surface area contributed by atoms with Gasteiger partial charge in [-0.2, -0.15) is 11.3 Å². The Bertz CT molecular complexity index is 3370. The molecule has 0 aliphatic rings. The molecule has 0 saturated carbocycles. The average molecular weight is 995 g/mol. The van der Waals surface area contributed by atoms with Gasteiger partial charge in [-0.05, 0) is 109 Å². The van der Waals surface area contributed by atoms with Crippen LogP contribution < -0.4 is 0 Å². The Hall–Kier alpha value is -5.45. The average Bonchev–Trinajstić information content (AvgIpc) is 3.86. The molecule has 3 aromatic heterocycles. The zero-order valence-electron chi connectivity index (χ0n) is 40.5. The Morgan fingerprint density at radius 1 is 0.721 bits per heavy atom. The van der Waals surface area contributed by atoms with Gasteiger partial charge in [-0.15, -0.1) is 59.7 Å². The second kappa shape index (κ2) is 17.1. The van der Waals surface area contributed by atoms with Gasteiger partial charge >= 0.3 is 0 Å². The van der Waals surface area contributed by atoms with E-state index in [-0.39, 0.29) is 31.2 Å². The summed E-state index contributed by atoms with van der Waals surface area (Å²) in [6.07, 6.45) is -0.567. The van der Waals surface area contributed by atoms with Gasteiger partial charge in [0.1, 0.15) is 0 Å². The first-order valence-electron chi connectivity index (χ1n) is 23.2. The summed E-state index contributed by atoms with van der Waals surface area (Å²) in [4.78, 5) is 9.53. The molecular formula is C56H51IrN3S-2. The van der Waals surface area contributed by atoms with Crippen molar-refractivity contribution in [2.24, 2.45) is 5.41 Å². The maximum absolute atomic E-state index is 8.88. The topological polar surface area (TPSA) is 30.7 Å².